The molecule has 0 radical (unpaired) electrons. The maximum Gasteiger partial charge on any atom is 0.289 e. The third-order valence-corrected chi connectivity index (χ3v) is 4.49. The van der Waals surface area contributed by atoms with Gasteiger partial charge in [-0.25, -0.2) is 0 Å². The van der Waals surface area contributed by atoms with Gasteiger partial charge in [0.1, 0.15) is 18.2 Å². The van der Waals surface area contributed by atoms with Crippen LogP contribution in [0, 0.1) is 25.2 Å². The number of rotatable bonds is 4. The maximum atomic E-state index is 12.4. The van der Waals surface area contributed by atoms with Gasteiger partial charge in [-0.1, -0.05) is 45.0 Å². The molecule has 0 fully saturated rings. The highest BCUT2D eigenvalue weighted by molar-refractivity contribution is 5.36. The Bertz CT molecular complexity index is 851. The van der Waals surface area contributed by atoms with Crippen LogP contribution in [0.1, 0.15) is 48.7 Å². The minimum Gasteiger partial charge on any atom is -0.315 e. The summed E-state index contributed by atoms with van der Waals surface area (Å²) in [4.78, 5) is 13.5. The number of nitrogens with one attached hydrogen (secondary N) is 1. The zero-order valence-corrected chi connectivity index (χ0v) is 16.0. The standard InChI is InChI=1S/C20H26N4O/c1-14-15(2)22-24(19(25)18(14)11-21)13-23(6)12-16-7-9-17(10-8-16)20(3,4)5/h7-10H,12-13H2,1-6H3/p+1. The van der Waals surface area contributed by atoms with Gasteiger partial charge < -0.3 is 4.90 Å². The van der Waals surface area contributed by atoms with Crippen molar-refractivity contribution in [2.75, 3.05) is 7.05 Å². The third-order valence-electron chi connectivity index (χ3n) is 4.49. The number of aryl methyl sites for hydroxylation is 1. The Labute approximate surface area is 149 Å². The lowest BCUT2D eigenvalue weighted by Crippen LogP contribution is -3.07. The first-order chi connectivity index (χ1) is 11.6. The summed E-state index contributed by atoms with van der Waals surface area (Å²) < 4.78 is 1.40. The van der Waals surface area contributed by atoms with Crippen LogP contribution in [-0.4, -0.2) is 16.8 Å². The number of nitriles is 1. The van der Waals surface area contributed by atoms with Gasteiger partial charge in [-0.3, -0.25) is 4.79 Å². The largest absolute Gasteiger partial charge is 0.315 e. The predicted molar refractivity (Wildman–Crippen MR) is 98.4 cm³/mol. The molecule has 2 aromatic rings. The van der Waals surface area contributed by atoms with Crippen molar-refractivity contribution >= 4 is 0 Å². The number of hydrogen-bond acceptors (Lipinski definition) is 3. The van der Waals surface area contributed by atoms with Crippen molar-refractivity contribution in [2.24, 2.45) is 0 Å². The van der Waals surface area contributed by atoms with Crippen molar-refractivity contribution in [1.29, 1.82) is 5.26 Å². The van der Waals surface area contributed by atoms with Gasteiger partial charge >= 0.3 is 0 Å². The minimum absolute atomic E-state index is 0.141. The Morgan fingerprint density at radius 1 is 1.20 bits per heavy atom. The summed E-state index contributed by atoms with van der Waals surface area (Å²) in [5.41, 5.74) is 3.92. The third kappa shape index (κ3) is 4.34. The molecule has 0 saturated heterocycles. The fourth-order valence-electron chi connectivity index (χ4n) is 2.79. The molecule has 132 valence electrons. The first-order valence-electron chi connectivity index (χ1n) is 8.52. The molecule has 1 unspecified atom stereocenters. The van der Waals surface area contributed by atoms with E-state index in [2.05, 4.69) is 50.1 Å². The van der Waals surface area contributed by atoms with E-state index in [0.29, 0.717) is 12.2 Å². The van der Waals surface area contributed by atoms with Crippen LogP contribution in [0.3, 0.4) is 0 Å². The van der Waals surface area contributed by atoms with Gasteiger partial charge in [0.05, 0.1) is 12.7 Å². The SMILES string of the molecule is Cc1nn(C[NH+](C)Cc2ccc(C(C)(C)C)cc2)c(=O)c(C#N)c1C. The fraction of sp³-hybridized carbons (Fsp3) is 0.450. The number of nitrogens with zero attached hydrogens (tertiary/aromatic N) is 3. The van der Waals surface area contributed by atoms with E-state index in [-0.39, 0.29) is 16.5 Å². The van der Waals surface area contributed by atoms with E-state index in [1.807, 2.05) is 20.0 Å². The first kappa shape index (κ1) is 18.9. The van der Waals surface area contributed by atoms with Crippen LogP contribution in [0.2, 0.25) is 0 Å². The van der Waals surface area contributed by atoms with Crippen LogP contribution < -0.4 is 10.5 Å². The van der Waals surface area contributed by atoms with E-state index >= 15 is 0 Å². The molecule has 0 spiro atoms. The molecule has 0 aliphatic carbocycles. The van der Waals surface area contributed by atoms with Gasteiger partial charge in [-0.2, -0.15) is 15.0 Å². The molecule has 1 heterocycles. The molecule has 0 bridgehead atoms. The van der Waals surface area contributed by atoms with Crippen LogP contribution >= 0.6 is 0 Å². The van der Waals surface area contributed by atoms with E-state index in [9.17, 15) is 10.1 Å². The van der Waals surface area contributed by atoms with E-state index in [1.165, 1.54) is 15.8 Å². The number of quaternary nitrogens is 1. The molecule has 0 aliphatic heterocycles. The van der Waals surface area contributed by atoms with Gasteiger partial charge in [-0.05, 0) is 30.4 Å². The summed E-state index contributed by atoms with van der Waals surface area (Å²) in [6.45, 7) is 11.4. The molecular weight excluding hydrogens is 312 g/mol. The van der Waals surface area contributed by atoms with Crippen molar-refractivity contribution in [1.82, 2.24) is 9.78 Å². The van der Waals surface area contributed by atoms with Gasteiger partial charge in [0.25, 0.3) is 5.56 Å². The molecule has 2 rings (SSSR count). The molecule has 1 atom stereocenters. The topological polar surface area (TPSA) is 63.1 Å². The van der Waals surface area contributed by atoms with Crippen molar-refractivity contribution in [3.05, 3.63) is 62.6 Å². The highest BCUT2D eigenvalue weighted by Gasteiger charge is 2.16. The molecule has 5 nitrogen and oxygen atoms in total. The van der Waals surface area contributed by atoms with Gasteiger partial charge in [0.2, 0.25) is 0 Å². The van der Waals surface area contributed by atoms with Crippen molar-refractivity contribution in [3.8, 4) is 6.07 Å². The lowest BCUT2D eigenvalue weighted by Gasteiger charge is -2.20. The second-order valence-electron chi connectivity index (χ2n) is 7.74. The zero-order chi connectivity index (χ0) is 18.8. The van der Waals surface area contributed by atoms with E-state index in [1.54, 1.807) is 6.92 Å². The predicted octanol–water partition coefficient (Wildman–Crippen LogP) is 1.70. The highest BCUT2D eigenvalue weighted by atomic mass is 16.1. The van der Waals surface area contributed by atoms with Crippen LogP contribution in [-0.2, 0) is 18.6 Å². The molecule has 0 aliphatic rings. The Hall–Kier alpha value is -2.45. The maximum absolute atomic E-state index is 12.4. The summed E-state index contributed by atoms with van der Waals surface area (Å²) in [5, 5.41) is 13.6. The lowest BCUT2D eigenvalue weighted by atomic mass is 9.87. The Morgan fingerprint density at radius 2 is 1.80 bits per heavy atom. The van der Waals surface area contributed by atoms with Crippen molar-refractivity contribution in [2.45, 2.75) is 53.2 Å². The molecule has 0 amide bonds. The van der Waals surface area contributed by atoms with Crippen LogP contribution in [0.15, 0.2) is 29.1 Å². The Kier molecular flexibility index (Phi) is 5.44. The zero-order valence-electron chi connectivity index (χ0n) is 16.0. The second-order valence-corrected chi connectivity index (χ2v) is 7.74. The lowest BCUT2D eigenvalue weighted by molar-refractivity contribution is -0.917. The van der Waals surface area contributed by atoms with Gasteiger partial charge in [-0.15, -0.1) is 0 Å². The second kappa shape index (κ2) is 7.20. The van der Waals surface area contributed by atoms with E-state index in [0.717, 1.165) is 17.1 Å². The number of aromatic nitrogens is 2. The summed E-state index contributed by atoms with van der Waals surface area (Å²) in [5.74, 6) is 0. The fourth-order valence-corrected chi connectivity index (χ4v) is 2.79. The average molecular weight is 339 g/mol. The molecule has 1 N–H and O–H groups in total. The normalized spacial score (nSPS) is 12.7. The Balaban J connectivity index is 2.16. The number of benzene rings is 1. The van der Waals surface area contributed by atoms with Gasteiger partial charge in [0.15, 0.2) is 6.67 Å². The smallest absolute Gasteiger partial charge is 0.289 e. The average Bonchev–Trinajstić information content (AvgIpc) is 2.53. The van der Waals surface area contributed by atoms with E-state index < -0.39 is 0 Å². The first-order valence-corrected chi connectivity index (χ1v) is 8.52. The van der Waals surface area contributed by atoms with Crippen LogP contribution in [0.4, 0.5) is 0 Å². The molecule has 1 aromatic carbocycles. The van der Waals surface area contributed by atoms with Gasteiger partial charge in [0, 0.05) is 5.56 Å². The molecule has 25 heavy (non-hydrogen) atoms. The molecule has 1 aromatic heterocycles. The van der Waals surface area contributed by atoms with Crippen LogP contribution in [0.5, 0.6) is 0 Å². The van der Waals surface area contributed by atoms with Crippen LogP contribution in [0.25, 0.3) is 0 Å². The number of hydrogen-bond donors (Lipinski definition) is 1. The Morgan fingerprint density at radius 3 is 2.32 bits per heavy atom. The summed E-state index contributed by atoms with van der Waals surface area (Å²) in [7, 11) is 2.02. The highest BCUT2D eigenvalue weighted by Crippen LogP contribution is 2.21. The molecular formula is C20H27N4O+. The summed E-state index contributed by atoms with van der Waals surface area (Å²) in [6, 6.07) is 10.6. The van der Waals surface area contributed by atoms with Crippen molar-refractivity contribution < 1.29 is 4.90 Å². The summed E-state index contributed by atoms with van der Waals surface area (Å²) in [6.07, 6.45) is 0. The van der Waals surface area contributed by atoms with E-state index in [4.69, 9.17) is 0 Å². The monoisotopic (exact) mass is 339 g/mol. The quantitative estimate of drug-likeness (QED) is 0.922. The summed E-state index contributed by atoms with van der Waals surface area (Å²) >= 11 is 0. The molecule has 5 heteroatoms. The van der Waals surface area contributed by atoms with Crippen molar-refractivity contribution in [3.63, 3.8) is 0 Å². The minimum atomic E-state index is -0.312. The molecule has 0 saturated carbocycles.